The molecule has 0 radical (unpaired) electrons. The van der Waals surface area contributed by atoms with Crippen LogP contribution in [0.25, 0.3) is 0 Å². The van der Waals surface area contributed by atoms with Crippen LogP contribution in [-0.2, 0) is 19.5 Å². The van der Waals surface area contributed by atoms with Gasteiger partial charge in [-0.25, -0.2) is 9.97 Å². The van der Waals surface area contributed by atoms with Crippen molar-refractivity contribution in [1.82, 2.24) is 15.3 Å². The molecule has 0 atom stereocenters. The molecular weight excluding hydrogens is 250 g/mol. The zero-order valence-electron chi connectivity index (χ0n) is 10.4. The lowest BCUT2D eigenvalue weighted by Gasteiger charge is -2.00. The highest BCUT2D eigenvalue weighted by molar-refractivity contribution is 7.11. The van der Waals surface area contributed by atoms with E-state index in [4.69, 9.17) is 0 Å². The molecule has 0 saturated heterocycles. The van der Waals surface area contributed by atoms with Crippen molar-refractivity contribution in [3.05, 3.63) is 31.7 Å². The summed E-state index contributed by atoms with van der Waals surface area (Å²) in [5.74, 6) is 0. The molecule has 5 heteroatoms. The first-order chi connectivity index (χ1) is 8.19. The predicted molar refractivity (Wildman–Crippen MR) is 73.6 cm³/mol. The van der Waals surface area contributed by atoms with Gasteiger partial charge in [0.2, 0.25) is 0 Å². The maximum Gasteiger partial charge on any atom is 0.107 e. The summed E-state index contributed by atoms with van der Waals surface area (Å²) in [6, 6.07) is 0. The van der Waals surface area contributed by atoms with E-state index in [9.17, 15) is 0 Å². The van der Waals surface area contributed by atoms with Crippen LogP contribution in [0.4, 0.5) is 0 Å². The van der Waals surface area contributed by atoms with Gasteiger partial charge in [-0.05, 0) is 20.3 Å². The van der Waals surface area contributed by atoms with E-state index >= 15 is 0 Å². The fraction of sp³-hybridized carbons (Fsp3) is 0.500. The van der Waals surface area contributed by atoms with Crippen LogP contribution in [-0.4, -0.2) is 9.97 Å². The molecule has 0 bridgehead atoms. The number of hydrogen-bond acceptors (Lipinski definition) is 5. The zero-order valence-corrected chi connectivity index (χ0v) is 12.0. The Morgan fingerprint density at radius 1 is 1.24 bits per heavy atom. The summed E-state index contributed by atoms with van der Waals surface area (Å²) in [5.41, 5.74) is 1.15. The quantitative estimate of drug-likeness (QED) is 0.904. The SMILES string of the molecule is CCc1cnc(CNCc2sc(C)nc2C)s1. The standard InChI is InChI=1S/C12H17N3S2/c1-4-10-5-14-12(17-10)7-13-6-11-8(2)15-9(3)16-11/h5,13H,4,6-7H2,1-3H3. The zero-order chi connectivity index (χ0) is 12.3. The molecular formula is C12H17N3S2. The van der Waals surface area contributed by atoms with E-state index in [0.29, 0.717) is 0 Å². The molecule has 2 aromatic rings. The molecule has 0 aliphatic carbocycles. The average molecular weight is 267 g/mol. The lowest BCUT2D eigenvalue weighted by Crippen LogP contribution is -2.12. The molecule has 0 amide bonds. The van der Waals surface area contributed by atoms with E-state index in [2.05, 4.69) is 36.1 Å². The second-order valence-corrected chi connectivity index (χ2v) is 6.41. The molecule has 2 aromatic heterocycles. The lowest BCUT2D eigenvalue weighted by atomic mass is 10.4. The summed E-state index contributed by atoms with van der Waals surface area (Å²) in [6.07, 6.45) is 3.05. The fourth-order valence-electron chi connectivity index (χ4n) is 1.61. The summed E-state index contributed by atoms with van der Waals surface area (Å²) in [7, 11) is 0. The van der Waals surface area contributed by atoms with E-state index in [1.165, 1.54) is 14.8 Å². The summed E-state index contributed by atoms with van der Waals surface area (Å²) in [5, 5.41) is 5.74. The smallest absolute Gasteiger partial charge is 0.107 e. The Bertz CT molecular complexity index is 488. The summed E-state index contributed by atoms with van der Waals surface area (Å²) in [6.45, 7) is 8.02. The summed E-state index contributed by atoms with van der Waals surface area (Å²) < 4.78 is 0. The Morgan fingerprint density at radius 2 is 2.06 bits per heavy atom. The van der Waals surface area contributed by atoms with Crippen LogP contribution in [0.3, 0.4) is 0 Å². The maximum atomic E-state index is 4.42. The monoisotopic (exact) mass is 267 g/mol. The first-order valence-corrected chi connectivity index (χ1v) is 7.39. The molecule has 0 aliphatic heterocycles. The molecule has 17 heavy (non-hydrogen) atoms. The minimum absolute atomic E-state index is 0.848. The largest absolute Gasteiger partial charge is 0.305 e. The normalized spacial score (nSPS) is 11.0. The number of nitrogens with zero attached hydrogens (tertiary/aromatic N) is 2. The van der Waals surface area contributed by atoms with Crippen molar-refractivity contribution in [2.45, 2.75) is 40.3 Å². The highest BCUT2D eigenvalue weighted by atomic mass is 32.1. The Labute approximate surface area is 110 Å². The molecule has 0 spiro atoms. The Kier molecular flexibility index (Phi) is 4.25. The highest BCUT2D eigenvalue weighted by Gasteiger charge is 2.05. The molecule has 92 valence electrons. The minimum atomic E-state index is 0.848. The first kappa shape index (κ1) is 12.7. The van der Waals surface area contributed by atoms with Gasteiger partial charge in [-0.3, -0.25) is 0 Å². The second-order valence-electron chi connectivity index (χ2n) is 3.92. The summed E-state index contributed by atoms with van der Waals surface area (Å²) in [4.78, 5) is 11.5. The van der Waals surface area contributed by atoms with Gasteiger partial charge in [0.1, 0.15) is 5.01 Å². The molecule has 2 heterocycles. The molecule has 0 aromatic carbocycles. The van der Waals surface area contributed by atoms with Crippen LogP contribution in [0.2, 0.25) is 0 Å². The van der Waals surface area contributed by atoms with E-state index in [1.54, 1.807) is 22.7 Å². The molecule has 2 rings (SSSR count). The maximum absolute atomic E-state index is 4.42. The molecule has 0 fully saturated rings. The minimum Gasteiger partial charge on any atom is -0.305 e. The number of thiazole rings is 2. The van der Waals surface area contributed by atoms with Crippen LogP contribution >= 0.6 is 22.7 Å². The molecule has 0 aliphatic rings. The number of hydrogen-bond donors (Lipinski definition) is 1. The topological polar surface area (TPSA) is 37.8 Å². The van der Waals surface area contributed by atoms with Gasteiger partial charge < -0.3 is 5.32 Å². The van der Waals surface area contributed by atoms with Crippen molar-refractivity contribution in [2.75, 3.05) is 0 Å². The van der Waals surface area contributed by atoms with Crippen LogP contribution in [0.15, 0.2) is 6.20 Å². The van der Waals surface area contributed by atoms with Crippen molar-refractivity contribution in [3.63, 3.8) is 0 Å². The van der Waals surface area contributed by atoms with Gasteiger partial charge in [-0.2, -0.15) is 0 Å². The summed E-state index contributed by atoms with van der Waals surface area (Å²) >= 11 is 3.56. The number of aryl methyl sites for hydroxylation is 3. The molecule has 3 nitrogen and oxygen atoms in total. The van der Waals surface area contributed by atoms with Crippen LogP contribution < -0.4 is 5.32 Å². The second kappa shape index (κ2) is 5.71. The van der Waals surface area contributed by atoms with Crippen molar-refractivity contribution in [1.29, 1.82) is 0 Å². The Balaban J connectivity index is 1.85. The van der Waals surface area contributed by atoms with Gasteiger partial charge in [-0.1, -0.05) is 6.92 Å². The average Bonchev–Trinajstić information content (AvgIpc) is 2.86. The van der Waals surface area contributed by atoms with Crippen molar-refractivity contribution in [2.24, 2.45) is 0 Å². The van der Waals surface area contributed by atoms with Gasteiger partial charge in [0.05, 0.1) is 10.7 Å². The third-order valence-corrected chi connectivity index (χ3v) is 4.73. The van der Waals surface area contributed by atoms with Crippen LogP contribution in [0, 0.1) is 13.8 Å². The van der Waals surface area contributed by atoms with E-state index < -0.39 is 0 Å². The van der Waals surface area contributed by atoms with Gasteiger partial charge in [0.15, 0.2) is 0 Å². The number of aromatic nitrogens is 2. The van der Waals surface area contributed by atoms with Gasteiger partial charge in [-0.15, -0.1) is 22.7 Å². The van der Waals surface area contributed by atoms with Crippen LogP contribution in [0.1, 0.15) is 32.4 Å². The molecule has 0 saturated carbocycles. The molecule has 0 unspecified atom stereocenters. The highest BCUT2D eigenvalue weighted by Crippen LogP contribution is 2.17. The third-order valence-electron chi connectivity index (χ3n) is 2.51. The Hall–Kier alpha value is -0.780. The van der Waals surface area contributed by atoms with Crippen molar-refractivity contribution < 1.29 is 0 Å². The molecule has 1 N–H and O–H groups in total. The number of nitrogens with one attached hydrogen (secondary N) is 1. The van der Waals surface area contributed by atoms with E-state index in [0.717, 1.165) is 30.2 Å². The van der Waals surface area contributed by atoms with Gasteiger partial charge >= 0.3 is 0 Å². The Morgan fingerprint density at radius 3 is 2.65 bits per heavy atom. The fourth-order valence-corrected chi connectivity index (χ4v) is 3.35. The van der Waals surface area contributed by atoms with Crippen LogP contribution in [0.5, 0.6) is 0 Å². The van der Waals surface area contributed by atoms with Crippen molar-refractivity contribution in [3.8, 4) is 0 Å². The van der Waals surface area contributed by atoms with Gasteiger partial charge in [0.25, 0.3) is 0 Å². The van der Waals surface area contributed by atoms with Gasteiger partial charge in [0, 0.05) is 29.0 Å². The lowest BCUT2D eigenvalue weighted by molar-refractivity contribution is 0.693. The number of rotatable bonds is 5. The van der Waals surface area contributed by atoms with E-state index in [1.807, 2.05) is 6.20 Å². The van der Waals surface area contributed by atoms with E-state index in [-0.39, 0.29) is 0 Å². The third kappa shape index (κ3) is 3.34. The van der Waals surface area contributed by atoms with Crippen molar-refractivity contribution >= 4 is 22.7 Å². The predicted octanol–water partition coefficient (Wildman–Crippen LogP) is 3.07. The first-order valence-electron chi connectivity index (χ1n) is 5.76.